The number of fused-ring (bicyclic) bond motifs is 1. The van der Waals surface area contributed by atoms with Crippen LogP contribution in [0.4, 0.5) is 4.39 Å². The SMILES string of the molecule is Cc1cc(F)ccc1S(=O)(=O)NCC(C)(C)c1c[nH]c2ccc(Cl)cc12. The molecule has 2 aromatic carbocycles. The average Bonchev–Trinajstić information content (AvgIpc) is 2.96. The third kappa shape index (κ3) is 3.63. The van der Waals surface area contributed by atoms with Gasteiger partial charge in [0.2, 0.25) is 10.0 Å². The van der Waals surface area contributed by atoms with Gasteiger partial charge in [0.1, 0.15) is 5.82 Å². The largest absolute Gasteiger partial charge is 0.361 e. The molecule has 0 aliphatic carbocycles. The summed E-state index contributed by atoms with van der Waals surface area (Å²) in [7, 11) is -3.75. The minimum Gasteiger partial charge on any atom is -0.361 e. The van der Waals surface area contributed by atoms with Crippen LogP contribution in [-0.4, -0.2) is 19.9 Å². The molecule has 2 N–H and O–H groups in total. The molecular formula is C19H20ClFN2O2S. The quantitative estimate of drug-likeness (QED) is 0.668. The molecule has 7 heteroatoms. The van der Waals surface area contributed by atoms with E-state index in [4.69, 9.17) is 11.6 Å². The highest BCUT2D eigenvalue weighted by molar-refractivity contribution is 7.89. The highest BCUT2D eigenvalue weighted by atomic mass is 35.5. The van der Waals surface area contributed by atoms with E-state index in [0.717, 1.165) is 22.5 Å². The number of nitrogens with one attached hydrogen (secondary N) is 2. The second-order valence-corrected chi connectivity index (χ2v) is 9.18. The molecule has 1 aromatic heterocycles. The van der Waals surface area contributed by atoms with Crippen LogP contribution in [0.25, 0.3) is 10.9 Å². The van der Waals surface area contributed by atoms with Crippen LogP contribution in [0.3, 0.4) is 0 Å². The monoisotopic (exact) mass is 394 g/mol. The van der Waals surface area contributed by atoms with Crippen LogP contribution in [-0.2, 0) is 15.4 Å². The fourth-order valence-corrected chi connectivity index (χ4v) is 4.62. The van der Waals surface area contributed by atoms with Crippen LogP contribution < -0.4 is 4.72 Å². The third-order valence-electron chi connectivity index (χ3n) is 4.50. The second-order valence-electron chi connectivity index (χ2n) is 7.01. The van der Waals surface area contributed by atoms with E-state index >= 15 is 0 Å². The Morgan fingerprint density at radius 1 is 1.19 bits per heavy atom. The van der Waals surface area contributed by atoms with Crippen molar-refractivity contribution < 1.29 is 12.8 Å². The van der Waals surface area contributed by atoms with Crippen molar-refractivity contribution in [2.24, 2.45) is 0 Å². The first kappa shape index (κ1) is 18.9. The molecule has 0 aliphatic rings. The third-order valence-corrected chi connectivity index (χ3v) is 6.30. The molecule has 3 rings (SSSR count). The topological polar surface area (TPSA) is 62.0 Å². The highest BCUT2D eigenvalue weighted by Crippen LogP contribution is 2.32. The van der Waals surface area contributed by atoms with E-state index in [2.05, 4.69) is 9.71 Å². The number of hydrogen-bond donors (Lipinski definition) is 2. The Hall–Kier alpha value is -1.89. The number of aromatic amines is 1. The Morgan fingerprint density at radius 2 is 1.92 bits per heavy atom. The van der Waals surface area contributed by atoms with Crippen molar-refractivity contribution in [2.75, 3.05) is 6.54 Å². The number of sulfonamides is 1. The van der Waals surface area contributed by atoms with Crippen LogP contribution in [0.5, 0.6) is 0 Å². The molecule has 3 aromatic rings. The van der Waals surface area contributed by atoms with Gasteiger partial charge in [-0.1, -0.05) is 25.4 Å². The lowest BCUT2D eigenvalue weighted by molar-refractivity contribution is 0.504. The lowest BCUT2D eigenvalue weighted by Gasteiger charge is -2.25. The van der Waals surface area contributed by atoms with E-state index in [-0.39, 0.29) is 11.4 Å². The zero-order valence-corrected chi connectivity index (χ0v) is 16.3. The van der Waals surface area contributed by atoms with Gasteiger partial charge in [0, 0.05) is 34.1 Å². The van der Waals surface area contributed by atoms with Gasteiger partial charge in [-0.05, 0) is 54.4 Å². The van der Waals surface area contributed by atoms with E-state index in [1.807, 2.05) is 32.2 Å². The van der Waals surface area contributed by atoms with E-state index < -0.39 is 21.3 Å². The smallest absolute Gasteiger partial charge is 0.240 e. The molecule has 4 nitrogen and oxygen atoms in total. The number of benzene rings is 2. The van der Waals surface area contributed by atoms with E-state index in [9.17, 15) is 12.8 Å². The molecule has 0 amide bonds. The molecule has 0 saturated carbocycles. The fourth-order valence-electron chi connectivity index (χ4n) is 3.02. The first-order chi connectivity index (χ1) is 12.1. The first-order valence-corrected chi connectivity index (χ1v) is 9.99. The summed E-state index contributed by atoms with van der Waals surface area (Å²) in [5.74, 6) is -0.461. The molecule has 0 atom stereocenters. The molecule has 0 aliphatic heterocycles. The van der Waals surface area contributed by atoms with Gasteiger partial charge in [-0.2, -0.15) is 0 Å². The Balaban J connectivity index is 1.88. The van der Waals surface area contributed by atoms with Crippen molar-refractivity contribution in [3.8, 4) is 0 Å². The molecule has 138 valence electrons. The van der Waals surface area contributed by atoms with Crippen LogP contribution >= 0.6 is 11.6 Å². The van der Waals surface area contributed by atoms with Crippen LogP contribution in [0.15, 0.2) is 47.5 Å². The number of rotatable bonds is 5. The number of aryl methyl sites for hydroxylation is 1. The van der Waals surface area contributed by atoms with Crippen molar-refractivity contribution in [1.82, 2.24) is 9.71 Å². The molecule has 26 heavy (non-hydrogen) atoms. The van der Waals surface area contributed by atoms with E-state index in [1.165, 1.54) is 12.1 Å². The van der Waals surface area contributed by atoms with E-state index in [0.29, 0.717) is 10.6 Å². The van der Waals surface area contributed by atoms with Crippen LogP contribution in [0.1, 0.15) is 25.0 Å². The van der Waals surface area contributed by atoms with Gasteiger partial charge < -0.3 is 4.98 Å². The molecule has 0 radical (unpaired) electrons. The molecule has 0 spiro atoms. The minimum atomic E-state index is -3.75. The van der Waals surface area contributed by atoms with Crippen LogP contribution in [0, 0.1) is 12.7 Å². The van der Waals surface area contributed by atoms with Crippen molar-refractivity contribution in [1.29, 1.82) is 0 Å². The summed E-state index contributed by atoms with van der Waals surface area (Å²) < 4.78 is 41.2. The molecule has 0 saturated heterocycles. The standard InChI is InChI=1S/C19H20ClFN2O2S/c1-12-8-14(21)5-7-18(12)26(24,25)23-11-19(2,3)16-10-22-17-6-4-13(20)9-15(16)17/h4-10,22-23H,11H2,1-3H3. The van der Waals surface area contributed by atoms with Crippen LogP contribution in [0.2, 0.25) is 5.02 Å². The normalized spacial score (nSPS) is 12.7. The summed E-state index contributed by atoms with van der Waals surface area (Å²) in [4.78, 5) is 3.27. The predicted octanol–water partition coefficient (Wildman–Crippen LogP) is 4.52. The summed E-state index contributed by atoms with van der Waals surface area (Å²) in [6.45, 7) is 5.67. The zero-order chi connectivity index (χ0) is 19.1. The first-order valence-electron chi connectivity index (χ1n) is 8.13. The maximum Gasteiger partial charge on any atom is 0.240 e. The number of aromatic nitrogens is 1. The highest BCUT2D eigenvalue weighted by Gasteiger charge is 2.27. The molecule has 0 fully saturated rings. The average molecular weight is 395 g/mol. The maximum atomic E-state index is 13.2. The number of H-pyrrole nitrogens is 1. The fraction of sp³-hybridized carbons (Fsp3) is 0.263. The summed E-state index contributed by atoms with van der Waals surface area (Å²) in [6, 6.07) is 9.20. The Morgan fingerprint density at radius 3 is 2.62 bits per heavy atom. The van der Waals surface area contributed by atoms with Crippen molar-refractivity contribution in [2.45, 2.75) is 31.1 Å². The van der Waals surface area contributed by atoms with Crippen molar-refractivity contribution in [3.63, 3.8) is 0 Å². The second kappa shape index (κ2) is 6.68. The molecule has 0 bridgehead atoms. The van der Waals surface area contributed by atoms with Gasteiger partial charge in [-0.3, -0.25) is 0 Å². The molecular weight excluding hydrogens is 375 g/mol. The Labute approximate surface area is 157 Å². The lowest BCUT2D eigenvalue weighted by atomic mass is 9.85. The van der Waals surface area contributed by atoms with Crippen molar-refractivity contribution in [3.05, 3.63) is 64.6 Å². The molecule has 0 unspecified atom stereocenters. The Kier molecular flexibility index (Phi) is 4.86. The minimum absolute atomic E-state index is 0.0803. The number of hydrogen-bond acceptors (Lipinski definition) is 2. The maximum absolute atomic E-state index is 13.2. The summed E-state index contributed by atoms with van der Waals surface area (Å²) in [5.41, 5.74) is 1.79. The zero-order valence-electron chi connectivity index (χ0n) is 14.7. The summed E-state index contributed by atoms with van der Waals surface area (Å²) in [6.07, 6.45) is 1.87. The summed E-state index contributed by atoms with van der Waals surface area (Å²) >= 11 is 6.10. The number of halogens is 2. The van der Waals surface area contributed by atoms with E-state index in [1.54, 1.807) is 13.0 Å². The summed E-state index contributed by atoms with van der Waals surface area (Å²) in [5, 5.41) is 1.58. The van der Waals surface area contributed by atoms with Gasteiger partial charge >= 0.3 is 0 Å². The van der Waals surface area contributed by atoms with Gasteiger partial charge in [0.15, 0.2) is 0 Å². The van der Waals surface area contributed by atoms with Gasteiger partial charge in [0.25, 0.3) is 0 Å². The van der Waals surface area contributed by atoms with Gasteiger partial charge in [-0.25, -0.2) is 17.5 Å². The van der Waals surface area contributed by atoms with Gasteiger partial charge in [0.05, 0.1) is 4.90 Å². The predicted molar refractivity (Wildman–Crippen MR) is 103 cm³/mol. The van der Waals surface area contributed by atoms with Crippen molar-refractivity contribution >= 4 is 32.5 Å². The van der Waals surface area contributed by atoms with Gasteiger partial charge in [-0.15, -0.1) is 0 Å². The Bertz CT molecular complexity index is 1070. The molecule has 1 heterocycles. The lowest BCUT2D eigenvalue weighted by Crippen LogP contribution is -2.36.